The molecule has 1 aliphatic carbocycles. The molecule has 5 rings (SSSR count). The van der Waals surface area contributed by atoms with E-state index < -0.39 is 17.7 Å². The normalized spacial score (nSPS) is 13.8. The van der Waals surface area contributed by atoms with Crippen molar-refractivity contribution in [2.24, 2.45) is 5.16 Å². The number of halogens is 2. The lowest BCUT2D eigenvalue weighted by atomic mass is 9.92. The molecule has 9 heteroatoms. The second-order valence-electron chi connectivity index (χ2n) is 8.12. The number of amides is 1. The zero-order chi connectivity index (χ0) is 25.1. The zero-order valence-electron chi connectivity index (χ0n) is 18.8. The molecule has 0 spiro atoms. The number of oxime groups is 1. The quantitative estimate of drug-likeness (QED) is 0.285. The summed E-state index contributed by atoms with van der Waals surface area (Å²) < 4.78 is 32.3. The van der Waals surface area contributed by atoms with E-state index in [2.05, 4.69) is 15.6 Å². The number of fused-ring (bicyclic) bond motifs is 1. The fraction of sp³-hybridized carbons (Fsp3) is 0.111. The van der Waals surface area contributed by atoms with Crippen LogP contribution in [0.4, 0.5) is 14.5 Å². The minimum Gasteiger partial charge on any atom is -0.360 e. The smallest absolute Gasteiger partial charge is 0.360 e. The highest BCUT2D eigenvalue weighted by Crippen LogP contribution is 2.32. The third kappa shape index (κ3) is 4.76. The van der Waals surface area contributed by atoms with Crippen LogP contribution in [0.25, 0.3) is 11.3 Å². The van der Waals surface area contributed by atoms with Crippen LogP contribution in [0.15, 0.2) is 82.5 Å². The van der Waals surface area contributed by atoms with Crippen LogP contribution < -0.4 is 5.32 Å². The highest BCUT2D eigenvalue weighted by atomic mass is 19.1. The maximum atomic E-state index is 13.5. The monoisotopic (exact) mass is 487 g/mol. The molecule has 0 aliphatic heterocycles. The molecule has 3 aromatic carbocycles. The number of para-hydroxylation sites is 1. The van der Waals surface area contributed by atoms with Gasteiger partial charge in [0.15, 0.2) is 0 Å². The molecular formula is C27H19F2N3O4. The lowest BCUT2D eigenvalue weighted by Crippen LogP contribution is -2.16. The summed E-state index contributed by atoms with van der Waals surface area (Å²) in [6, 6.07) is 17.3. The number of aromatic nitrogens is 1. The van der Waals surface area contributed by atoms with Crippen LogP contribution >= 0.6 is 0 Å². The maximum Gasteiger partial charge on any atom is 0.367 e. The van der Waals surface area contributed by atoms with Gasteiger partial charge in [0.05, 0.1) is 22.5 Å². The summed E-state index contributed by atoms with van der Waals surface area (Å²) in [5.74, 6) is -1.68. The molecule has 1 N–H and O–H groups in total. The third-order valence-electron chi connectivity index (χ3n) is 5.71. The summed E-state index contributed by atoms with van der Waals surface area (Å²) in [7, 11) is 0. The first-order chi connectivity index (χ1) is 17.5. The van der Waals surface area contributed by atoms with Crippen LogP contribution in [0.1, 0.15) is 44.9 Å². The number of nitrogens with one attached hydrogen (secondary N) is 1. The number of carbonyl (C=O) groups excluding carboxylic acids is 2. The summed E-state index contributed by atoms with van der Waals surface area (Å²) in [6.45, 7) is 0. The average molecular weight is 487 g/mol. The number of aryl methyl sites for hydroxylation is 1. The van der Waals surface area contributed by atoms with Crippen LogP contribution in [0, 0.1) is 11.6 Å². The van der Waals surface area contributed by atoms with E-state index >= 15 is 0 Å². The Morgan fingerprint density at radius 3 is 2.56 bits per heavy atom. The molecule has 0 radical (unpaired) electrons. The predicted molar refractivity (Wildman–Crippen MR) is 128 cm³/mol. The molecule has 1 aliphatic rings. The Bertz CT molecular complexity index is 1480. The van der Waals surface area contributed by atoms with E-state index in [1.807, 2.05) is 0 Å². The Kier molecular flexibility index (Phi) is 6.36. The van der Waals surface area contributed by atoms with E-state index in [1.165, 1.54) is 42.5 Å². The predicted octanol–water partition coefficient (Wildman–Crippen LogP) is 5.77. The second kappa shape index (κ2) is 9.91. The molecule has 180 valence electrons. The van der Waals surface area contributed by atoms with E-state index in [-0.39, 0.29) is 22.6 Å². The van der Waals surface area contributed by atoms with Gasteiger partial charge in [0.1, 0.15) is 23.1 Å². The standard InChI is InChI=1S/C27H19F2N3O4/c28-18-13-11-16(12-14-18)25-24-22(9-4-10-23(24)35-32-25)31-36-27(34)20-7-1-2-8-21(20)30-26(33)17-5-3-6-19(29)15-17/h1-3,5-8,11-15H,4,9-10H2,(H,30,33)/b31-22+. The van der Waals surface area contributed by atoms with Crippen molar-refractivity contribution in [1.29, 1.82) is 0 Å². The SMILES string of the molecule is O=C(Nc1ccccc1C(=O)O/N=C1\CCCc2onc(-c3ccc(F)cc3)c21)c1cccc(F)c1. The molecule has 0 saturated carbocycles. The van der Waals surface area contributed by atoms with Gasteiger partial charge in [-0.1, -0.05) is 28.5 Å². The Hall–Kier alpha value is -4.66. The van der Waals surface area contributed by atoms with Crippen molar-refractivity contribution in [3.63, 3.8) is 0 Å². The van der Waals surface area contributed by atoms with Crippen LogP contribution in [0.3, 0.4) is 0 Å². The number of carbonyl (C=O) groups is 2. The highest BCUT2D eigenvalue weighted by Gasteiger charge is 2.27. The Labute approximate surface area is 204 Å². The zero-order valence-corrected chi connectivity index (χ0v) is 18.8. The van der Waals surface area contributed by atoms with Crippen molar-refractivity contribution < 1.29 is 27.7 Å². The number of nitrogens with zero attached hydrogens (tertiary/aromatic N) is 2. The number of rotatable bonds is 5. The van der Waals surface area contributed by atoms with E-state index in [9.17, 15) is 18.4 Å². The Morgan fingerprint density at radius 1 is 0.944 bits per heavy atom. The van der Waals surface area contributed by atoms with Crippen molar-refractivity contribution in [1.82, 2.24) is 5.16 Å². The Morgan fingerprint density at radius 2 is 1.75 bits per heavy atom. The topological polar surface area (TPSA) is 93.8 Å². The van der Waals surface area contributed by atoms with Crippen LogP contribution in [-0.4, -0.2) is 22.7 Å². The van der Waals surface area contributed by atoms with Gasteiger partial charge >= 0.3 is 5.97 Å². The van der Waals surface area contributed by atoms with E-state index in [4.69, 9.17) is 9.36 Å². The molecule has 7 nitrogen and oxygen atoms in total. The summed E-state index contributed by atoms with van der Waals surface area (Å²) in [6.07, 6.45) is 1.89. The minimum absolute atomic E-state index is 0.0757. The molecule has 0 atom stereocenters. The number of hydrogen-bond acceptors (Lipinski definition) is 6. The van der Waals surface area contributed by atoms with Gasteiger partial charge in [-0.3, -0.25) is 4.79 Å². The van der Waals surface area contributed by atoms with Gasteiger partial charge in [0.25, 0.3) is 5.91 Å². The van der Waals surface area contributed by atoms with Gasteiger partial charge in [0, 0.05) is 17.5 Å². The average Bonchev–Trinajstić information content (AvgIpc) is 3.33. The van der Waals surface area contributed by atoms with Crippen LogP contribution in [-0.2, 0) is 11.3 Å². The number of hydrogen-bond donors (Lipinski definition) is 1. The van der Waals surface area contributed by atoms with E-state index in [1.54, 1.807) is 24.3 Å². The first kappa shape index (κ1) is 23.1. The van der Waals surface area contributed by atoms with Gasteiger partial charge in [-0.15, -0.1) is 0 Å². The van der Waals surface area contributed by atoms with Gasteiger partial charge in [-0.25, -0.2) is 13.6 Å². The lowest BCUT2D eigenvalue weighted by molar-refractivity contribution is 0.0516. The van der Waals surface area contributed by atoms with Crippen molar-refractivity contribution in [3.05, 3.63) is 107 Å². The fourth-order valence-electron chi connectivity index (χ4n) is 3.97. The first-order valence-electron chi connectivity index (χ1n) is 11.2. The van der Waals surface area contributed by atoms with Crippen molar-refractivity contribution >= 4 is 23.3 Å². The molecule has 0 bridgehead atoms. The summed E-state index contributed by atoms with van der Waals surface area (Å²) in [4.78, 5) is 30.7. The van der Waals surface area contributed by atoms with E-state index in [0.717, 1.165) is 12.5 Å². The Balaban J connectivity index is 1.38. The van der Waals surface area contributed by atoms with Gasteiger partial charge in [-0.2, -0.15) is 0 Å². The van der Waals surface area contributed by atoms with Crippen LogP contribution in [0.2, 0.25) is 0 Å². The maximum absolute atomic E-state index is 13.5. The van der Waals surface area contributed by atoms with Gasteiger partial charge in [0.2, 0.25) is 0 Å². The molecule has 1 heterocycles. The minimum atomic E-state index is -0.787. The van der Waals surface area contributed by atoms with Gasteiger partial charge < -0.3 is 14.7 Å². The molecule has 36 heavy (non-hydrogen) atoms. The van der Waals surface area contributed by atoms with Crippen molar-refractivity contribution in [3.8, 4) is 11.3 Å². The van der Waals surface area contributed by atoms with Crippen LogP contribution in [0.5, 0.6) is 0 Å². The fourth-order valence-corrected chi connectivity index (χ4v) is 3.97. The lowest BCUT2D eigenvalue weighted by Gasteiger charge is -2.13. The molecule has 0 unspecified atom stereocenters. The second-order valence-corrected chi connectivity index (χ2v) is 8.12. The highest BCUT2D eigenvalue weighted by molar-refractivity contribution is 6.09. The summed E-state index contributed by atoms with van der Waals surface area (Å²) in [5.41, 5.74) is 2.61. The number of benzene rings is 3. The molecule has 0 saturated heterocycles. The summed E-state index contributed by atoms with van der Waals surface area (Å²) >= 11 is 0. The van der Waals surface area contributed by atoms with Gasteiger partial charge in [-0.05, 0) is 67.4 Å². The molecule has 4 aromatic rings. The first-order valence-corrected chi connectivity index (χ1v) is 11.2. The number of anilines is 1. The van der Waals surface area contributed by atoms with Crippen molar-refractivity contribution in [2.45, 2.75) is 19.3 Å². The molecule has 1 aromatic heterocycles. The molecule has 1 amide bonds. The largest absolute Gasteiger partial charge is 0.367 e. The molecule has 0 fully saturated rings. The summed E-state index contributed by atoms with van der Waals surface area (Å²) in [5, 5.41) is 10.8. The molecular weight excluding hydrogens is 468 g/mol. The van der Waals surface area contributed by atoms with E-state index in [0.29, 0.717) is 41.1 Å². The van der Waals surface area contributed by atoms with Crippen molar-refractivity contribution in [2.75, 3.05) is 5.32 Å². The third-order valence-corrected chi connectivity index (χ3v) is 5.71.